The van der Waals surface area contributed by atoms with Crippen LogP contribution < -0.4 is 0 Å². The van der Waals surface area contributed by atoms with Crippen LogP contribution in [0.5, 0.6) is 0 Å². The molecule has 31 heavy (non-hydrogen) atoms. The molecule has 6 aromatic rings. The lowest BCUT2D eigenvalue weighted by atomic mass is 10.2. The summed E-state index contributed by atoms with van der Waals surface area (Å²) in [5.41, 5.74) is 5.69. The number of benzene rings is 3. The van der Waals surface area contributed by atoms with E-state index in [2.05, 4.69) is 84.4 Å². The molecule has 0 amide bonds. The molecule has 3 aromatic heterocycles. The van der Waals surface area contributed by atoms with Crippen molar-refractivity contribution in [2.24, 2.45) is 7.05 Å². The lowest BCUT2D eigenvalue weighted by Gasteiger charge is -2.09. The molecule has 0 radical (unpaired) electrons. The van der Waals surface area contributed by atoms with Crippen molar-refractivity contribution in [3.63, 3.8) is 0 Å². The van der Waals surface area contributed by atoms with Gasteiger partial charge in [-0.15, -0.1) is 10.2 Å². The van der Waals surface area contributed by atoms with Gasteiger partial charge in [0.25, 0.3) is 0 Å². The summed E-state index contributed by atoms with van der Waals surface area (Å²) in [5.74, 6) is 2.60. The average Bonchev–Trinajstić information content (AvgIpc) is 3.47. The molecular weight excluding hydrogens is 404 g/mol. The highest BCUT2D eigenvalue weighted by Crippen LogP contribution is 2.28. The van der Waals surface area contributed by atoms with Gasteiger partial charge < -0.3 is 9.13 Å². The minimum atomic E-state index is 0.714. The molecule has 6 rings (SSSR count). The largest absolute Gasteiger partial charge is 0.323 e. The van der Waals surface area contributed by atoms with Gasteiger partial charge in [-0.1, -0.05) is 66.4 Å². The van der Waals surface area contributed by atoms with E-state index in [9.17, 15) is 0 Å². The Morgan fingerprint density at radius 3 is 2.32 bits per heavy atom. The van der Waals surface area contributed by atoms with Crippen molar-refractivity contribution in [1.82, 2.24) is 28.7 Å². The molecular formula is C24H20N6S. The number of nitrogens with zero attached hydrogens (tertiary/aromatic N) is 6. The summed E-state index contributed by atoms with van der Waals surface area (Å²) in [7, 11) is 2.03. The Bertz CT molecular complexity index is 1530. The highest BCUT2D eigenvalue weighted by atomic mass is 32.2. The highest BCUT2D eigenvalue weighted by molar-refractivity contribution is 7.98. The molecule has 0 atom stereocenters. The van der Waals surface area contributed by atoms with E-state index < -0.39 is 0 Å². The van der Waals surface area contributed by atoms with Gasteiger partial charge >= 0.3 is 0 Å². The van der Waals surface area contributed by atoms with E-state index in [1.54, 1.807) is 11.8 Å². The monoisotopic (exact) mass is 424 g/mol. The van der Waals surface area contributed by atoms with Gasteiger partial charge in [0, 0.05) is 13.6 Å². The van der Waals surface area contributed by atoms with Crippen molar-refractivity contribution >= 4 is 39.6 Å². The van der Waals surface area contributed by atoms with Crippen LogP contribution in [-0.4, -0.2) is 28.7 Å². The molecule has 0 aliphatic rings. The summed E-state index contributed by atoms with van der Waals surface area (Å²) in [4.78, 5) is 4.94. The van der Waals surface area contributed by atoms with Gasteiger partial charge in [0.2, 0.25) is 5.78 Å². The molecule has 0 N–H and O–H groups in total. The van der Waals surface area contributed by atoms with Crippen LogP contribution in [0.2, 0.25) is 0 Å². The van der Waals surface area contributed by atoms with Gasteiger partial charge in [0.1, 0.15) is 5.82 Å². The van der Waals surface area contributed by atoms with Gasteiger partial charge in [-0.05, 0) is 29.8 Å². The van der Waals surface area contributed by atoms with Crippen LogP contribution in [0.15, 0.2) is 84.0 Å². The fourth-order valence-electron chi connectivity index (χ4n) is 4.14. The first kappa shape index (κ1) is 18.2. The van der Waals surface area contributed by atoms with E-state index in [-0.39, 0.29) is 0 Å². The molecule has 0 unspecified atom stereocenters. The van der Waals surface area contributed by atoms with Gasteiger partial charge in [-0.25, -0.2) is 4.98 Å². The van der Waals surface area contributed by atoms with Crippen molar-refractivity contribution in [2.75, 3.05) is 0 Å². The Balaban J connectivity index is 1.39. The number of imidazole rings is 2. The fraction of sp³-hybridized carbons (Fsp3) is 0.125. The number of aromatic nitrogens is 6. The Hall–Kier alpha value is -3.58. The van der Waals surface area contributed by atoms with E-state index in [1.807, 2.05) is 25.2 Å². The van der Waals surface area contributed by atoms with Gasteiger partial charge in [-0.3, -0.25) is 4.40 Å². The van der Waals surface area contributed by atoms with Crippen LogP contribution in [-0.2, 0) is 19.3 Å². The van der Waals surface area contributed by atoms with Crippen molar-refractivity contribution < 1.29 is 0 Å². The van der Waals surface area contributed by atoms with Crippen LogP contribution in [0.3, 0.4) is 0 Å². The summed E-state index contributed by atoms with van der Waals surface area (Å²) >= 11 is 1.67. The maximum absolute atomic E-state index is 4.94. The second-order valence-electron chi connectivity index (χ2n) is 7.54. The third-order valence-corrected chi connectivity index (χ3v) is 6.57. The van der Waals surface area contributed by atoms with Crippen molar-refractivity contribution in [3.05, 3.63) is 90.3 Å². The molecule has 0 bridgehead atoms. The zero-order valence-corrected chi connectivity index (χ0v) is 17.8. The number of rotatable bonds is 5. The Kier molecular flexibility index (Phi) is 4.28. The predicted molar refractivity (Wildman–Crippen MR) is 124 cm³/mol. The normalized spacial score (nSPS) is 11.8. The number of para-hydroxylation sites is 4. The molecule has 3 heterocycles. The maximum Gasteiger partial charge on any atom is 0.236 e. The second kappa shape index (κ2) is 7.28. The molecule has 152 valence electrons. The Labute approximate surface area is 183 Å². The summed E-state index contributed by atoms with van der Waals surface area (Å²) in [6.07, 6.45) is 0. The minimum Gasteiger partial charge on any atom is -0.323 e. The van der Waals surface area contributed by atoms with E-state index in [1.165, 1.54) is 5.56 Å². The first-order chi connectivity index (χ1) is 15.3. The molecule has 3 aromatic carbocycles. The van der Waals surface area contributed by atoms with Crippen molar-refractivity contribution in [2.45, 2.75) is 17.5 Å². The van der Waals surface area contributed by atoms with Gasteiger partial charge in [-0.2, -0.15) is 0 Å². The molecule has 0 fully saturated rings. The number of hydrogen-bond acceptors (Lipinski definition) is 4. The van der Waals surface area contributed by atoms with Crippen LogP contribution in [0, 0.1) is 0 Å². The summed E-state index contributed by atoms with van der Waals surface area (Å²) in [5, 5.41) is 9.78. The smallest absolute Gasteiger partial charge is 0.236 e. The third-order valence-electron chi connectivity index (χ3n) is 5.65. The molecule has 0 spiro atoms. The fourth-order valence-corrected chi connectivity index (χ4v) is 5.02. The number of hydrogen-bond donors (Lipinski definition) is 0. The lowest BCUT2D eigenvalue weighted by Crippen LogP contribution is -2.04. The zero-order valence-electron chi connectivity index (χ0n) is 17.0. The molecule has 0 aliphatic heterocycles. The van der Waals surface area contributed by atoms with E-state index >= 15 is 0 Å². The standard InChI is InChI=1S/C24H20N6S/c1-28-20-13-7-8-14-21(20)30-23(28)26-27-24(30)31-16-22-25-18-11-5-6-12-19(18)29(22)15-17-9-3-2-4-10-17/h2-14H,15-16H2,1H3. The highest BCUT2D eigenvalue weighted by Gasteiger charge is 2.17. The number of aryl methyl sites for hydroxylation is 1. The van der Waals surface area contributed by atoms with Crippen LogP contribution >= 0.6 is 11.8 Å². The first-order valence-corrected chi connectivity index (χ1v) is 11.2. The zero-order chi connectivity index (χ0) is 20.8. The molecule has 0 saturated carbocycles. The van der Waals surface area contributed by atoms with E-state index in [0.717, 1.165) is 45.4 Å². The van der Waals surface area contributed by atoms with Crippen molar-refractivity contribution in [1.29, 1.82) is 0 Å². The first-order valence-electron chi connectivity index (χ1n) is 10.2. The minimum absolute atomic E-state index is 0.714. The van der Waals surface area contributed by atoms with Crippen LogP contribution in [0.4, 0.5) is 0 Å². The molecule has 6 nitrogen and oxygen atoms in total. The maximum atomic E-state index is 4.94. The topological polar surface area (TPSA) is 52.9 Å². The van der Waals surface area contributed by atoms with Gasteiger partial charge in [0.15, 0.2) is 5.16 Å². The van der Waals surface area contributed by atoms with Crippen LogP contribution in [0.1, 0.15) is 11.4 Å². The van der Waals surface area contributed by atoms with Crippen molar-refractivity contribution in [3.8, 4) is 0 Å². The SMILES string of the molecule is Cn1c2ccccc2n2c(SCc3nc4ccccc4n3Cc3ccccc3)nnc12. The summed E-state index contributed by atoms with van der Waals surface area (Å²) in [6, 6.07) is 27.2. The molecule has 0 aliphatic carbocycles. The van der Waals surface area contributed by atoms with E-state index in [0.29, 0.717) is 5.75 Å². The summed E-state index contributed by atoms with van der Waals surface area (Å²) < 4.78 is 6.51. The lowest BCUT2D eigenvalue weighted by molar-refractivity contribution is 0.779. The molecule has 0 saturated heterocycles. The Morgan fingerprint density at radius 2 is 1.48 bits per heavy atom. The summed E-state index contributed by atoms with van der Waals surface area (Å²) in [6.45, 7) is 0.792. The van der Waals surface area contributed by atoms with Crippen LogP contribution in [0.25, 0.3) is 27.8 Å². The Morgan fingerprint density at radius 1 is 0.774 bits per heavy atom. The van der Waals surface area contributed by atoms with E-state index in [4.69, 9.17) is 4.98 Å². The quantitative estimate of drug-likeness (QED) is 0.369. The molecule has 7 heteroatoms. The second-order valence-corrected chi connectivity index (χ2v) is 8.49. The third kappa shape index (κ3) is 3.00. The average molecular weight is 425 g/mol. The predicted octanol–water partition coefficient (Wildman–Crippen LogP) is 4.91. The number of fused-ring (bicyclic) bond motifs is 4. The van der Waals surface area contributed by atoms with Gasteiger partial charge in [0.05, 0.1) is 27.8 Å². The number of thioether (sulfide) groups is 1.